The van der Waals surface area contributed by atoms with Gasteiger partial charge in [0.05, 0.1) is 28.4 Å². The second-order valence-corrected chi connectivity index (χ2v) is 9.19. The number of aromatic nitrogens is 5. The fourth-order valence-corrected chi connectivity index (χ4v) is 4.97. The van der Waals surface area contributed by atoms with Gasteiger partial charge in [0, 0.05) is 17.1 Å². The van der Waals surface area contributed by atoms with E-state index in [4.69, 9.17) is 0 Å². The van der Waals surface area contributed by atoms with Crippen LogP contribution in [0.2, 0.25) is 0 Å². The summed E-state index contributed by atoms with van der Waals surface area (Å²) in [6, 6.07) is 23.8. The molecule has 0 unspecified atom stereocenters. The van der Waals surface area contributed by atoms with Crippen molar-refractivity contribution in [1.82, 2.24) is 25.4 Å². The Bertz CT molecular complexity index is 1700. The molecule has 0 bridgehead atoms. The Morgan fingerprint density at radius 1 is 0.611 bits per heavy atom. The van der Waals surface area contributed by atoms with E-state index in [0.717, 1.165) is 38.7 Å². The number of aryl methyl sites for hydroxylation is 2. The third-order valence-electron chi connectivity index (χ3n) is 6.82. The second kappa shape index (κ2) is 8.46. The molecule has 6 aromatic rings. The Morgan fingerprint density at radius 2 is 1.11 bits per heavy atom. The Hall–Kier alpha value is -4.78. The number of hydrogen-bond acceptors (Lipinski definition) is 2. The predicted molar refractivity (Wildman–Crippen MR) is 142 cm³/mol. The Balaban J connectivity index is 1.67. The van der Waals surface area contributed by atoms with E-state index in [-0.39, 0.29) is 11.1 Å². The average molecular weight is 476 g/mol. The first-order valence-corrected chi connectivity index (χ1v) is 11.8. The number of benzene rings is 3. The number of para-hydroxylation sites is 1. The molecule has 5 N–H and O–H groups in total. The molecular weight excluding hydrogens is 450 g/mol. The fraction of sp³-hybridized carbons (Fsp3) is 0.103. The van der Waals surface area contributed by atoms with Crippen molar-refractivity contribution in [1.29, 1.82) is 0 Å². The summed E-state index contributed by atoms with van der Waals surface area (Å²) < 4.78 is 0. The van der Waals surface area contributed by atoms with Gasteiger partial charge in [0.1, 0.15) is 0 Å². The molecule has 0 saturated heterocycles. The van der Waals surface area contributed by atoms with Gasteiger partial charge in [0.15, 0.2) is 0 Å². The molecule has 0 amide bonds. The number of rotatable bonds is 5. The highest BCUT2D eigenvalue weighted by Crippen LogP contribution is 2.40. The minimum Gasteiger partial charge on any atom is -0.361 e. The molecule has 36 heavy (non-hydrogen) atoms. The van der Waals surface area contributed by atoms with E-state index in [2.05, 4.69) is 25.4 Å². The lowest BCUT2D eigenvalue weighted by Crippen LogP contribution is -2.20. The van der Waals surface area contributed by atoms with Crippen LogP contribution in [0.25, 0.3) is 33.4 Å². The SMILES string of the molecule is Cc1ccc(-c2[nH][nH]c(=O)c2C(c2c(-c3ccc(C)cc3)[nH][nH]c2=O)c2c[nH]c3ccccc23)cc1. The van der Waals surface area contributed by atoms with Gasteiger partial charge < -0.3 is 4.98 Å². The van der Waals surface area contributed by atoms with Crippen molar-refractivity contribution in [3.05, 3.63) is 128 Å². The molecule has 3 aromatic heterocycles. The van der Waals surface area contributed by atoms with Gasteiger partial charge in [-0.2, -0.15) is 0 Å². The molecule has 3 aromatic carbocycles. The van der Waals surface area contributed by atoms with E-state index in [1.807, 2.05) is 92.8 Å². The van der Waals surface area contributed by atoms with Crippen LogP contribution < -0.4 is 11.1 Å². The predicted octanol–water partition coefficient (Wildman–Crippen LogP) is 5.33. The smallest absolute Gasteiger partial charge is 0.268 e. The number of nitrogens with one attached hydrogen (secondary N) is 5. The summed E-state index contributed by atoms with van der Waals surface area (Å²) in [5, 5.41) is 12.7. The van der Waals surface area contributed by atoms with Gasteiger partial charge in [-0.05, 0) is 36.6 Å². The third-order valence-corrected chi connectivity index (χ3v) is 6.82. The van der Waals surface area contributed by atoms with Gasteiger partial charge in [-0.1, -0.05) is 77.9 Å². The maximum absolute atomic E-state index is 13.4. The number of H-pyrrole nitrogens is 5. The fourth-order valence-electron chi connectivity index (χ4n) is 4.97. The van der Waals surface area contributed by atoms with Crippen LogP contribution in [0, 0.1) is 13.8 Å². The van der Waals surface area contributed by atoms with E-state index >= 15 is 0 Å². The van der Waals surface area contributed by atoms with Crippen molar-refractivity contribution >= 4 is 10.9 Å². The summed E-state index contributed by atoms with van der Waals surface area (Å²) in [6.45, 7) is 4.04. The zero-order valence-corrected chi connectivity index (χ0v) is 19.9. The van der Waals surface area contributed by atoms with Crippen LogP contribution in [-0.4, -0.2) is 25.4 Å². The summed E-state index contributed by atoms with van der Waals surface area (Å²) in [4.78, 5) is 30.2. The lowest BCUT2D eigenvalue weighted by Gasteiger charge is -2.17. The molecule has 178 valence electrons. The van der Waals surface area contributed by atoms with E-state index in [9.17, 15) is 9.59 Å². The van der Waals surface area contributed by atoms with Crippen LogP contribution in [0.4, 0.5) is 0 Å². The molecule has 0 atom stereocenters. The summed E-state index contributed by atoms with van der Waals surface area (Å²) in [7, 11) is 0. The van der Waals surface area contributed by atoms with E-state index in [1.165, 1.54) is 0 Å². The zero-order valence-electron chi connectivity index (χ0n) is 19.9. The molecule has 0 aliphatic carbocycles. The molecule has 0 aliphatic rings. The monoisotopic (exact) mass is 475 g/mol. The number of fused-ring (bicyclic) bond motifs is 1. The van der Waals surface area contributed by atoms with Crippen LogP contribution in [0.5, 0.6) is 0 Å². The standard InChI is InChI=1S/C29H25N5O2/c1-16-7-11-18(12-8-16)26-24(28(35)33-31-26)23(21-15-30-22-6-4-3-5-20(21)22)25-27(32-34-29(25)36)19-13-9-17(2)10-14-19/h3-15,23,30H,1-2H3,(H2,31,33,35)(H2,32,34,36). The molecule has 7 heteroatoms. The van der Waals surface area contributed by atoms with Crippen LogP contribution in [-0.2, 0) is 0 Å². The van der Waals surface area contributed by atoms with Gasteiger partial charge in [0.2, 0.25) is 0 Å². The summed E-state index contributed by atoms with van der Waals surface area (Å²) in [5.74, 6) is -0.640. The largest absolute Gasteiger partial charge is 0.361 e. The molecular formula is C29H25N5O2. The summed E-state index contributed by atoms with van der Waals surface area (Å²) in [6.07, 6.45) is 1.89. The average Bonchev–Trinajstić information content (AvgIpc) is 3.59. The highest BCUT2D eigenvalue weighted by Gasteiger charge is 2.32. The van der Waals surface area contributed by atoms with Gasteiger partial charge in [-0.15, -0.1) is 0 Å². The Kier molecular flexibility index (Phi) is 5.11. The first-order valence-electron chi connectivity index (χ1n) is 11.8. The minimum atomic E-state index is -0.640. The minimum absolute atomic E-state index is 0.267. The molecule has 7 nitrogen and oxygen atoms in total. The Labute approximate surface area is 206 Å². The highest BCUT2D eigenvalue weighted by molar-refractivity contribution is 5.86. The van der Waals surface area contributed by atoms with Crippen molar-refractivity contribution in [2.24, 2.45) is 0 Å². The second-order valence-electron chi connectivity index (χ2n) is 9.19. The zero-order chi connectivity index (χ0) is 24.8. The normalized spacial score (nSPS) is 11.5. The number of hydrogen-bond donors (Lipinski definition) is 5. The molecule has 0 aliphatic heterocycles. The van der Waals surface area contributed by atoms with Gasteiger partial charge in [0.25, 0.3) is 11.1 Å². The molecule has 0 radical (unpaired) electrons. The lowest BCUT2D eigenvalue weighted by atomic mass is 9.83. The molecule has 0 saturated carbocycles. The van der Waals surface area contributed by atoms with Gasteiger partial charge >= 0.3 is 0 Å². The van der Waals surface area contributed by atoms with E-state index < -0.39 is 5.92 Å². The van der Waals surface area contributed by atoms with Crippen LogP contribution >= 0.6 is 0 Å². The molecule has 0 fully saturated rings. The van der Waals surface area contributed by atoms with Crippen molar-refractivity contribution in [2.45, 2.75) is 19.8 Å². The quantitative estimate of drug-likeness (QED) is 0.232. The van der Waals surface area contributed by atoms with Crippen molar-refractivity contribution in [3.8, 4) is 22.5 Å². The summed E-state index contributed by atoms with van der Waals surface area (Å²) in [5.41, 5.74) is 7.51. The van der Waals surface area contributed by atoms with E-state index in [0.29, 0.717) is 22.5 Å². The van der Waals surface area contributed by atoms with Gasteiger partial charge in [-0.3, -0.25) is 30.0 Å². The maximum Gasteiger partial charge on any atom is 0.268 e. The van der Waals surface area contributed by atoms with Crippen LogP contribution in [0.15, 0.2) is 88.6 Å². The first kappa shape index (κ1) is 21.7. The van der Waals surface area contributed by atoms with Crippen molar-refractivity contribution < 1.29 is 0 Å². The molecule has 6 rings (SSSR count). The lowest BCUT2D eigenvalue weighted by molar-refractivity contribution is 0.963. The topological polar surface area (TPSA) is 113 Å². The highest BCUT2D eigenvalue weighted by atomic mass is 16.1. The summed E-state index contributed by atoms with van der Waals surface area (Å²) >= 11 is 0. The van der Waals surface area contributed by atoms with Crippen molar-refractivity contribution in [3.63, 3.8) is 0 Å². The van der Waals surface area contributed by atoms with Crippen molar-refractivity contribution in [2.75, 3.05) is 0 Å². The first-order chi connectivity index (χ1) is 17.5. The van der Waals surface area contributed by atoms with Gasteiger partial charge in [-0.25, -0.2) is 0 Å². The van der Waals surface area contributed by atoms with Crippen LogP contribution in [0.3, 0.4) is 0 Å². The number of aromatic amines is 5. The maximum atomic E-state index is 13.4. The molecule has 0 spiro atoms. The third kappa shape index (κ3) is 3.53. The van der Waals surface area contributed by atoms with Crippen LogP contribution in [0.1, 0.15) is 33.7 Å². The Morgan fingerprint density at radius 3 is 1.64 bits per heavy atom. The molecule has 3 heterocycles. The van der Waals surface area contributed by atoms with E-state index in [1.54, 1.807) is 0 Å².